The summed E-state index contributed by atoms with van der Waals surface area (Å²) in [6.07, 6.45) is 8.35. The van der Waals surface area contributed by atoms with Crippen molar-refractivity contribution in [2.75, 3.05) is 53.9 Å². The predicted octanol–water partition coefficient (Wildman–Crippen LogP) is 0.194. The zero-order chi connectivity index (χ0) is 20.3. The number of ether oxygens (including phenoxy) is 4. The Balaban J connectivity index is 0.000000972. The summed E-state index contributed by atoms with van der Waals surface area (Å²) in [5, 5.41) is 9.49. The molecule has 1 heterocycles. The fourth-order valence-electron chi connectivity index (χ4n) is 1.89. The van der Waals surface area contributed by atoms with Crippen LogP contribution in [0.4, 0.5) is 0 Å². The molecule has 27 heavy (non-hydrogen) atoms. The Kier molecular flexibility index (Phi) is 16.5. The Morgan fingerprint density at radius 1 is 1.04 bits per heavy atom. The molecule has 0 aliphatic rings. The SMILES string of the molecule is C=C(C)C(=O)[O-].COCCOCCCn1cc[n+](CCCOCCOC)c1. The topological polar surface area (TPSA) is 85.9 Å². The van der Waals surface area contributed by atoms with Crippen molar-refractivity contribution in [1.29, 1.82) is 0 Å². The number of hydrogen-bond donors (Lipinski definition) is 0. The number of hydrogen-bond acceptors (Lipinski definition) is 6. The van der Waals surface area contributed by atoms with Crippen LogP contribution in [0.1, 0.15) is 19.8 Å². The minimum absolute atomic E-state index is 0.0648. The standard InChI is InChI=1S/C15H29N2O4.C4H6O2/c1-18-11-13-20-9-3-5-16-7-8-17(15-16)6-4-10-21-14-12-19-2;1-3(2)4(5)6/h7-8,15H,3-6,9-14H2,1-2H3;1H2,2H3,(H,5,6)/q+1;/p-1. The third-order valence-corrected chi connectivity index (χ3v) is 3.37. The molecule has 156 valence electrons. The second kappa shape index (κ2) is 17.7. The Labute approximate surface area is 162 Å². The Bertz CT molecular complexity index is 462. The molecule has 0 fully saturated rings. The minimum Gasteiger partial charge on any atom is -0.545 e. The molecule has 0 aromatic carbocycles. The molecule has 8 nitrogen and oxygen atoms in total. The summed E-state index contributed by atoms with van der Waals surface area (Å²) in [5.41, 5.74) is 0.0648. The number of carbonyl (C=O) groups is 1. The molecule has 0 saturated heterocycles. The molecule has 0 radical (unpaired) electrons. The number of carbonyl (C=O) groups excluding carboxylic acids is 1. The molecule has 1 rings (SSSR count). The van der Waals surface area contributed by atoms with E-state index in [0.717, 1.165) is 39.1 Å². The molecular weight excluding hydrogens is 352 g/mol. The van der Waals surface area contributed by atoms with Crippen molar-refractivity contribution in [3.63, 3.8) is 0 Å². The first kappa shape index (κ1) is 25.3. The number of carboxylic acid groups (broad SMARTS) is 1. The van der Waals surface area contributed by atoms with Gasteiger partial charge in [-0.25, -0.2) is 9.13 Å². The molecule has 8 heteroatoms. The van der Waals surface area contributed by atoms with Gasteiger partial charge in [-0.3, -0.25) is 0 Å². The summed E-state index contributed by atoms with van der Waals surface area (Å²) in [6.45, 7) is 10.6. The maximum absolute atomic E-state index is 9.49. The van der Waals surface area contributed by atoms with E-state index in [2.05, 4.69) is 34.4 Å². The lowest BCUT2D eigenvalue weighted by atomic mass is 10.4. The molecule has 0 aliphatic heterocycles. The number of aromatic nitrogens is 2. The van der Waals surface area contributed by atoms with Gasteiger partial charge in [-0.1, -0.05) is 6.58 Å². The van der Waals surface area contributed by atoms with E-state index in [0.29, 0.717) is 26.4 Å². The highest BCUT2D eigenvalue weighted by molar-refractivity contribution is 5.82. The van der Waals surface area contributed by atoms with Crippen LogP contribution < -0.4 is 9.67 Å². The molecule has 0 atom stereocenters. The summed E-state index contributed by atoms with van der Waals surface area (Å²) >= 11 is 0. The molecule has 0 spiro atoms. The summed E-state index contributed by atoms with van der Waals surface area (Å²) in [7, 11) is 3.37. The van der Waals surface area contributed by atoms with Crippen molar-refractivity contribution in [3.8, 4) is 0 Å². The average Bonchev–Trinajstić information content (AvgIpc) is 3.09. The fourth-order valence-corrected chi connectivity index (χ4v) is 1.89. The lowest BCUT2D eigenvalue weighted by molar-refractivity contribution is -0.697. The quantitative estimate of drug-likeness (QED) is 0.243. The third-order valence-electron chi connectivity index (χ3n) is 3.37. The molecular formula is C19H34N2O6. The highest BCUT2D eigenvalue weighted by Gasteiger charge is 2.03. The summed E-state index contributed by atoms with van der Waals surface area (Å²) in [4.78, 5) is 9.49. The molecule has 0 saturated carbocycles. The molecule has 0 aliphatic carbocycles. The van der Waals surface area contributed by atoms with Gasteiger partial charge in [-0.15, -0.1) is 0 Å². The second-order valence-electron chi connectivity index (χ2n) is 5.87. The first-order valence-corrected chi connectivity index (χ1v) is 9.06. The van der Waals surface area contributed by atoms with Crippen molar-refractivity contribution in [1.82, 2.24) is 4.57 Å². The van der Waals surface area contributed by atoms with Gasteiger partial charge in [0.2, 0.25) is 6.33 Å². The van der Waals surface area contributed by atoms with Crippen LogP contribution in [0.25, 0.3) is 0 Å². The number of aryl methyl sites for hydroxylation is 2. The maximum atomic E-state index is 9.49. The minimum atomic E-state index is -1.19. The monoisotopic (exact) mass is 386 g/mol. The molecule has 0 bridgehead atoms. The van der Waals surface area contributed by atoms with Gasteiger partial charge in [-0.2, -0.15) is 0 Å². The second-order valence-corrected chi connectivity index (χ2v) is 5.87. The van der Waals surface area contributed by atoms with Gasteiger partial charge in [0.05, 0.1) is 58.7 Å². The van der Waals surface area contributed by atoms with Crippen molar-refractivity contribution in [2.24, 2.45) is 0 Å². The van der Waals surface area contributed by atoms with Crippen LogP contribution >= 0.6 is 0 Å². The third kappa shape index (κ3) is 16.2. The van der Waals surface area contributed by atoms with E-state index in [4.69, 9.17) is 18.9 Å². The highest BCUT2D eigenvalue weighted by Crippen LogP contribution is 1.92. The molecule has 0 unspecified atom stereocenters. The summed E-state index contributed by atoms with van der Waals surface area (Å²) < 4.78 is 25.1. The Hall–Kier alpha value is -1.74. The van der Waals surface area contributed by atoms with Gasteiger partial charge >= 0.3 is 0 Å². The van der Waals surface area contributed by atoms with E-state index >= 15 is 0 Å². The van der Waals surface area contributed by atoms with Crippen molar-refractivity contribution >= 4 is 5.97 Å². The van der Waals surface area contributed by atoms with Crippen LogP contribution in [0.15, 0.2) is 30.9 Å². The van der Waals surface area contributed by atoms with Gasteiger partial charge in [0.25, 0.3) is 0 Å². The molecule has 1 aromatic rings. The van der Waals surface area contributed by atoms with Crippen LogP contribution in [0, 0.1) is 0 Å². The zero-order valence-electron chi connectivity index (χ0n) is 16.9. The van der Waals surface area contributed by atoms with Crippen LogP contribution in [0.3, 0.4) is 0 Å². The first-order valence-electron chi connectivity index (χ1n) is 9.06. The number of imidazole rings is 1. The number of carboxylic acids is 1. The maximum Gasteiger partial charge on any atom is 0.243 e. The highest BCUT2D eigenvalue weighted by atomic mass is 16.5. The van der Waals surface area contributed by atoms with Crippen LogP contribution in [0.2, 0.25) is 0 Å². The van der Waals surface area contributed by atoms with E-state index in [9.17, 15) is 9.90 Å². The normalized spacial score (nSPS) is 10.3. The molecule has 1 aromatic heterocycles. The van der Waals surface area contributed by atoms with Crippen LogP contribution in [-0.2, 0) is 36.8 Å². The van der Waals surface area contributed by atoms with E-state index in [1.165, 1.54) is 6.92 Å². The van der Waals surface area contributed by atoms with Crippen LogP contribution in [-0.4, -0.2) is 64.4 Å². The van der Waals surface area contributed by atoms with Gasteiger partial charge in [-0.05, 0) is 12.5 Å². The smallest absolute Gasteiger partial charge is 0.243 e. The van der Waals surface area contributed by atoms with Crippen molar-refractivity contribution in [3.05, 3.63) is 30.9 Å². The van der Waals surface area contributed by atoms with E-state index in [1.54, 1.807) is 14.2 Å². The summed E-state index contributed by atoms with van der Waals surface area (Å²) in [5.74, 6) is -1.19. The molecule has 0 amide bonds. The zero-order valence-corrected chi connectivity index (χ0v) is 16.9. The van der Waals surface area contributed by atoms with Gasteiger partial charge in [0.15, 0.2) is 0 Å². The van der Waals surface area contributed by atoms with Gasteiger partial charge in [0.1, 0.15) is 12.4 Å². The Morgan fingerprint density at radius 2 is 1.59 bits per heavy atom. The number of aliphatic carboxylic acids is 1. The predicted molar refractivity (Wildman–Crippen MR) is 99.1 cm³/mol. The van der Waals surface area contributed by atoms with Crippen molar-refractivity contribution in [2.45, 2.75) is 32.9 Å². The van der Waals surface area contributed by atoms with Crippen LogP contribution in [0.5, 0.6) is 0 Å². The first-order chi connectivity index (χ1) is 13.0. The lowest BCUT2D eigenvalue weighted by Crippen LogP contribution is -2.31. The van der Waals surface area contributed by atoms with Gasteiger partial charge < -0.3 is 28.8 Å². The number of methoxy groups -OCH3 is 2. The largest absolute Gasteiger partial charge is 0.545 e. The van der Waals surface area contributed by atoms with Crippen molar-refractivity contribution < 1.29 is 33.4 Å². The Morgan fingerprint density at radius 3 is 2.11 bits per heavy atom. The number of nitrogens with zero attached hydrogens (tertiary/aromatic N) is 2. The van der Waals surface area contributed by atoms with E-state index < -0.39 is 5.97 Å². The van der Waals surface area contributed by atoms with E-state index in [-0.39, 0.29) is 5.57 Å². The average molecular weight is 386 g/mol. The summed E-state index contributed by atoms with van der Waals surface area (Å²) in [6, 6.07) is 0. The van der Waals surface area contributed by atoms with Gasteiger partial charge in [0, 0.05) is 27.1 Å². The fraction of sp³-hybridized carbons (Fsp3) is 0.684. The lowest BCUT2D eigenvalue weighted by Gasteiger charge is -2.02. The molecule has 0 N–H and O–H groups in total. The number of rotatable bonds is 15. The van der Waals surface area contributed by atoms with E-state index in [1.807, 2.05) is 0 Å².